The van der Waals surface area contributed by atoms with Gasteiger partial charge < -0.3 is 9.47 Å². The molecule has 96 valence electrons. The fourth-order valence-corrected chi connectivity index (χ4v) is 1.09. The molecule has 7 heteroatoms. The van der Waals surface area contributed by atoms with Gasteiger partial charge in [0.2, 0.25) is 0 Å². The van der Waals surface area contributed by atoms with Crippen LogP contribution < -0.4 is 9.47 Å². The number of nitrogens with zero attached hydrogens (tertiary/aromatic N) is 1. The van der Waals surface area contributed by atoms with Crippen LogP contribution in [0.5, 0.6) is 11.6 Å². The predicted molar refractivity (Wildman–Crippen MR) is 53.0 cm³/mol. The van der Waals surface area contributed by atoms with E-state index < -0.39 is 13.0 Å². The van der Waals surface area contributed by atoms with Crippen LogP contribution in [0.15, 0.2) is 12.1 Å². The topological polar surface area (TPSA) is 40.6 Å². The second-order valence-electron chi connectivity index (χ2n) is 3.10. The Balaban J connectivity index is 2.46. The molecule has 1 aromatic rings. The lowest BCUT2D eigenvalue weighted by Gasteiger charge is -2.11. The zero-order valence-electron chi connectivity index (χ0n) is 9.37. The van der Waals surface area contributed by atoms with Gasteiger partial charge in [0.15, 0.2) is 5.75 Å². The number of hydrogen-bond donors (Lipinski definition) is 0. The summed E-state index contributed by atoms with van der Waals surface area (Å²) < 4.78 is 48.5. The molecule has 0 atom stereocenters. The van der Waals surface area contributed by atoms with Gasteiger partial charge in [0.25, 0.3) is 5.88 Å². The van der Waals surface area contributed by atoms with Crippen molar-refractivity contribution in [3.05, 3.63) is 17.8 Å². The molecule has 1 rings (SSSR count). The maximum atomic E-state index is 11.7. The molecule has 0 radical (unpaired) electrons. The second-order valence-corrected chi connectivity index (χ2v) is 3.10. The molecule has 0 amide bonds. The van der Waals surface area contributed by atoms with E-state index in [9.17, 15) is 13.2 Å². The van der Waals surface area contributed by atoms with Crippen molar-refractivity contribution >= 4 is 0 Å². The second kappa shape index (κ2) is 5.72. The lowest BCUT2D eigenvalue weighted by Crippen LogP contribution is -2.18. The molecule has 0 aliphatic carbocycles. The van der Waals surface area contributed by atoms with E-state index in [2.05, 4.69) is 9.72 Å². The Kier molecular flexibility index (Phi) is 4.56. The molecule has 1 heterocycles. The SMILES string of the molecule is COc1nc(C)ccc1OCCOC(F)(F)F. The van der Waals surface area contributed by atoms with E-state index in [4.69, 9.17) is 9.47 Å². The smallest absolute Gasteiger partial charge is 0.486 e. The Hall–Kier alpha value is -1.50. The van der Waals surface area contributed by atoms with Crippen molar-refractivity contribution in [3.8, 4) is 11.6 Å². The standard InChI is InChI=1S/C10H12F3NO3/c1-7-3-4-8(9(14-7)15-2)16-5-6-17-10(11,12)13/h3-4H,5-6H2,1-2H3. The summed E-state index contributed by atoms with van der Waals surface area (Å²) >= 11 is 0. The van der Waals surface area contributed by atoms with E-state index in [-0.39, 0.29) is 18.2 Å². The van der Waals surface area contributed by atoms with Crippen molar-refractivity contribution in [1.29, 1.82) is 0 Å². The number of ether oxygens (including phenoxy) is 3. The fraction of sp³-hybridized carbons (Fsp3) is 0.500. The van der Waals surface area contributed by atoms with Gasteiger partial charge in [-0.05, 0) is 19.1 Å². The first-order chi connectivity index (χ1) is 7.92. The van der Waals surface area contributed by atoms with Gasteiger partial charge in [0.05, 0.1) is 13.7 Å². The first kappa shape index (κ1) is 13.6. The average molecular weight is 251 g/mol. The predicted octanol–water partition coefficient (Wildman–Crippen LogP) is 2.31. The van der Waals surface area contributed by atoms with Crippen molar-refractivity contribution in [2.75, 3.05) is 20.3 Å². The van der Waals surface area contributed by atoms with Crippen molar-refractivity contribution in [3.63, 3.8) is 0 Å². The minimum Gasteiger partial charge on any atom is -0.486 e. The molecule has 0 bridgehead atoms. The third-order valence-electron chi connectivity index (χ3n) is 1.76. The molecule has 0 saturated carbocycles. The normalized spacial score (nSPS) is 11.4. The zero-order chi connectivity index (χ0) is 12.9. The molecule has 4 nitrogen and oxygen atoms in total. The Morgan fingerprint density at radius 3 is 2.53 bits per heavy atom. The first-order valence-electron chi connectivity index (χ1n) is 4.77. The van der Waals surface area contributed by atoms with Crippen molar-refractivity contribution in [2.45, 2.75) is 13.3 Å². The first-order valence-corrected chi connectivity index (χ1v) is 4.77. The summed E-state index contributed by atoms with van der Waals surface area (Å²) in [4.78, 5) is 4.01. The average Bonchev–Trinajstić information content (AvgIpc) is 2.24. The van der Waals surface area contributed by atoms with Crippen LogP contribution in [-0.2, 0) is 4.74 Å². The molecule has 0 unspecified atom stereocenters. The molecule has 0 aliphatic rings. The van der Waals surface area contributed by atoms with Gasteiger partial charge in [-0.1, -0.05) is 0 Å². The third kappa shape index (κ3) is 4.90. The number of methoxy groups -OCH3 is 1. The van der Waals surface area contributed by atoms with Gasteiger partial charge in [-0.25, -0.2) is 4.98 Å². The largest absolute Gasteiger partial charge is 0.522 e. The van der Waals surface area contributed by atoms with Crippen LogP contribution in [0.2, 0.25) is 0 Å². The van der Waals surface area contributed by atoms with Crippen molar-refractivity contribution < 1.29 is 27.4 Å². The molecule has 17 heavy (non-hydrogen) atoms. The summed E-state index contributed by atoms with van der Waals surface area (Å²) in [5.74, 6) is 0.515. The summed E-state index contributed by atoms with van der Waals surface area (Å²) in [5.41, 5.74) is 0.723. The molecule has 0 N–H and O–H groups in total. The van der Waals surface area contributed by atoms with E-state index in [1.54, 1.807) is 19.1 Å². The van der Waals surface area contributed by atoms with E-state index in [0.29, 0.717) is 0 Å². The molecule has 0 aromatic carbocycles. The van der Waals surface area contributed by atoms with Crippen molar-refractivity contribution in [1.82, 2.24) is 4.98 Å². The molecular formula is C10H12F3NO3. The van der Waals surface area contributed by atoms with Crippen LogP contribution in [0.4, 0.5) is 13.2 Å². The number of pyridine rings is 1. The number of aromatic nitrogens is 1. The lowest BCUT2D eigenvalue weighted by molar-refractivity contribution is -0.325. The van der Waals surface area contributed by atoms with Crippen LogP contribution in [-0.4, -0.2) is 31.7 Å². The van der Waals surface area contributed by atoms with Gasteiger partial charge in [-0.3, -0.25) is 4.74 Å². The number of alkyl halides is 3. The number of hydrogen-bond acceptors (Lipinski definition) is 4. The summed E-state index contributed by atoms with van der Waals surface area (Å²) in [6.45, 7) is 0.945. The number of halogens is 3. The van der Waals surface area contributed by atoms with Crippen LogP contribution in [0, 0.1) is 6.92 Å². The van der Waals surface area contributed by atoms with Gasteiger partial charge in [-0.2, -0.15) is 0 Å². The molecular weight excluding hydrogens is 239 g/mol. The Labute approximate surface area is 96.3 Å². The molecule has 0 fully saturated rings. The minimum absolute atomic E-state index is 0.233. The Morgan fingerprint density at radius 1 is 1.24 bits per heavy atom. The highest BCUT2D eigenvalue weighted by atomic mass is 19.4. The summed E-state index contributed by atoms with van der Waals surface area (Å²) in [5, 5.41) is 0. The highest BCUT2D eigenvalue weighted by molar-refractivity contribution is 5.34. The maximum absolute atomic E-state index is 11.7. The summed E-state index contributed by atoms with van der Waals surface area (Å²) in [7, 11) is 1.40. The van der Waals surface area contributed by atoms with E-state index in [1.807, 2.05) is 0 Å². The number of aryl methyl sites for hydroxylation is 1. The van der Waals surface area contributed by atoms with E-state index in [1.165, 1.54) is 7.11 Å². The number of rotatable bonds is 5. The highest BCUT2D eigenvalue weighted by Gasteiger charge is 2.28. The maximum Gasteiger partial charge on any atom is 0.522 e. The third-order valence-corrected chi connectivity index (χ3v) is 1.76. The quantitative estimate of drug-likeness (QED) is 0.753. The van der Waals surface area contributed by atoms with E-state index in [0.717, 1.165) is 5.69 Å². The molecule has 0 spiro atoms. The molecule has 0 saturated heterocycles. The van der Waals surface area contributed by atoms with Crippen LogP contribution in [0.3, 0.4) is 0 Å². The molecule has 1 aromatic heterocycles. The summed E-state index contributed by atoms with van der Waals surface area (Å²) in [6, 6.07) is 3.25. The van der Waals surface area contributed by atoms with Gasteiger partial charge in [0, 0.05) is 5.69 Å². The van der Waals surface area contributed by atoms with Crippen molar-refractivity contribution in [2.24, 2.45) is 0 Å². The zero-order valence-corrected chi connectivity index (χ0v) is 9.37. The Bertz CT molecular complexity index is 368. The minimum atomic E-state index is -4.64. The van der Waals surface area contributed by atoms with Crippen LogP contribution in [0.1, 0.15) is 5.69 Å². The highest BCUT2D eigenvalue weighted by Crippen LogP contribution is 2.24. The lowest BCUT2D eigenvalue weighted by atomic mass is 10.3. The van der Waals surface area contributed by atoms with Crippen LogP contribution in [0.25, 0.3) is 0 Å². The summed E-state index contributed by atoms with van der Waals surface area (Å²) in [6.07, 6.45) is -4.64. The van der Waals surface area contributed by atoms with Gasteiger partial charge in [-0.15, -0.1) is 13.2 Å². The van der Waals surface area contributed by atoms with Gasteiger partial charge in [0.1, 0.15) is 6.61 Å². The van der Waals surface area contributed by atoms with E-state index >= 15 is 0 Å². The fourth-order valence-electron chi connectivity index (χ4n) is 1.09. The van der Waals surface area contributed by atoms with Gasteiger partial charge >= 0.3 is 6.36 Å². The van der Waals surface area contributed by atoms with Crippen LogP contribution >= 0.6 is 0 Å². The molecule has 0 aliphatic heterocycles. The Morgan fingerprint density at radius 2 is 1.94 bits per heavy atom. The monoisotopic (exact) mass is 251 g/mol.